The third kappa shape index (κ3) is 3.36. The summed E-state index contributed by atoms with van der Waals surface area (Å²) in [5, 5.41) is 2.12. The molecule has 0 bridgehead atoms. The Morgan fingerprint density at radius 1 is 1.19 bits per heavy atom. The lowest BCUT2D eigenvalue weighted by molar-refractivity contribution is 0.102. The maximum Gasteiger partial charge on any atom is 0.255 e. The normalized spacial score (nSPS) is 10.3. The Hall–Kier alpha value is -2.02. The minimum Gasteiger partial charge on any atom is -0.496 e. The van der Waals surface area contributed by atoms with Crippen LogP contribution >= 0.6 is 15.9 Å². The van der Waals surface area contributed by atoms with Gasteiger partial charge in [0.15, 0.2) is 11.6 Å². The smallest absolute Gasteiger partial charge is 0.255 e. The molecule has 0 heterocycles. The number of hydrogen-bond acceptors (Lipinski definition) is 2. The predicted molar refractivity (Wildman–Crippen MR) is 75.0 cm³/mol. The van der Waals surface area contributed by atoms with E-state index in [1.807, 2.05) is 0 Å². The van der Waals surface area contributed by atoms with Crippen LogP contribution in [0, 0.1) is 17.5 Å². The van der Waals surface area contributed by atoms with Gasteiger partial charge in [-0.1, -0.05) is 0 Å². The molecule has 0 saturated heterocycles. The number of hydrogen-bond donors (Lipinski definition) is 1. The van der Waals surface area contributed by atoms with E-state index in [1.54, 1.807) is 0 Å². The van der Waals surface area contributed by atoms with Gasteiger partial charge in [-0.15, -0.1) is 0 Å². The van der Waals surface area contributed by atoms with Gasteiger partial charge in [-0.25, -0.2) is 13.2 Å². The molecule has 0 fully saturated rings. The molecule has 7 heteroatoms. The lowest BCUT2D eigenvalue weighted by atomic mass is 10.2. The van der Waals surface area contributed by atoms with Crippen molar-refractivity contribution in [1.82, 2.24) is 0 Å². The molecule has 0 atom stereocenters. The molecule has 1 amide bonds. The Labute approximate surface area is 126 Å². The van der Waals surface area contributed by atoms with Crippen molar-refractivity contribution in [3.05, 3.63) is 57.8 Å². The second kappa shape index (κ2) is 6.17. The van der Waals surface area contributed by atoms with Gasteiger partial charge in [0, 0.05) is 17.7 Å². The van der Waals surface area contributed by atoms with E-state index < -0.39 is 29.0 Å². The van der Waals surface area contributed by atoms with Crippen molar-refractivity contribution >= 4 is 27.5 Å². The van der Waals surface area contributed by atoms with Crippen LogP contribution in [0.2, 0.25) is 0 Å². The first-order chi connectivity index (χ1) is 9.92. The van der Waals surface area contributed by atoms with Crippen molar-refractivity contribution in [1.29, 1.82) is 0 Å². The topological polar surface area (TPSA) is 38.3 Å². The Morgan fingerprint density at radius 3 is 2.52 bits per heavy atom. The van der Waals surface area contributed by atoms with Gasteiger partial charge in [-0.3, -0.25) is 4.79 Å². The van der Waals surface area contributed by atoms with E-state index in [2.05, 4.69) is 21.2 Å². The highest BCUT2D eigenvalue weighted by atomic mass is 79.9. The van der Waals surface area contributed by atoms with Gasteiger partial charge in [0.05, 0.1) is 17.3 Å². The van der Waals surface area contributed by atoms with Crippen molar-refractivity contribution in [2.75, 3.05) is 12.4 Å². The van der Waals surface area contributed by atoms with E-state index in [-0.39, 0.29) is 5.56 Å². The van der Waals surface area contributed by atoms with Crippen LogP contribution in [0.1, 0.15) is 10.4 Å². The standard InChI is InChI=1S/C14H9BrF3NO2/c1-21-12-3-2-7(4-9(12)15)14(20)19-11-6-8(16)5-10(17)13(11)18/h2-6H,1H3,(H,19,20). The van der Waals surface area contributed by atoms with Gasteiger partial charge < -0.3 is 10.1 Å². The van der Waals surface area contributed by atoms with E-state index in [0.29, 0.717) is 22.4 Å². The highest BCUT2D eigenvalue weighted by Gasteiger charge is 2.15. The predicted octanol–water partition coefficient (Wildman–Crippen LogP) is 4.13. The third-order valence-electron chi connectivity index (χ3n) is 2.66. The van der Waals surface area contributed by atoms with Gasteiger partial charge in [0.2, 0.25) is 0 Å². The summed E-state index contributed by atoms with van der Waals surface area (Å²) in [5.74, 6) is -3.88. The van der Waals surface area contributed by atoms with Gasteiger partial charge in [0.25, 0.3) is 5.91 Å². The summed E-state index contributed by atoms with van der Waals surface area (Å²) in [7, 11) is 1.46. The van der Waals surface area contributed by atoms with Crippen LogP contribution in [-0.4, -0.2) is 13.0 Å². The van der Waals surface area contributed by atoms with Crippen LogP contribution in [0.4, 0.5) is 18.9 Å². The van der Waals surface area contributed by atoms with E-state index >= 15 is 0 Å². The fourth-order valence-corrected chi connectivity index (χ4v) is 2.19. The SMILES string of the molecule is COc1ccc(C(=O)Nc2cc(F)cc(F)c2F)cc1Br. The molecule has 0 unspecified atom stereocenters. The summed E-state index contributed by atoms with van der Waals surface area (Å²) in [6.07, 6.45) is 0. The second-order valence-electron chi connectivity index (χ2n) is 4.05. The van der Waals surface area contributed by atoms with Crippen LogP contribution in [0.25, 0.3) is 0 Å². The maximum atomic E-state index is 13.5. The van der Waals surface area contributed by atoms with E-state index in [4.69, 9.17) is 4.74 Å². The summed E-state index contributed by atoms with van der Waals surface area (Å²) in [6.45, 7) is 0. The molecule has 0 aliphatic carbocycles. The second-order valence-corrected chi connectivity index (χ2v) is 4.91. The van der Waals surface area contributed by atoms with Crippen LogP contribution < -0.4 is 10.1 Å². The van der Waals surface area contributed by atoms with E-state index in [1.165, 1.54) is 25.3 Å². The van der Waals surface area contributed by atoms with Crippen LogP contribution in [-0.2, 0) is 0 Å². The number of anilines is 1. The quantitative estimate of drug-likeness (QED) is 0.836. The largest absolute Gasteiger partial charge is 0.496 e. The van der Waals surface area contributed by atoms with Gasteiger partial charge in [0.1, 0.15) is 11.6 Å². The number of ether oxygens (including phenoxy) is 1. The molecule has 21 heavy (non-hydrogen) atoms. The van der Waals surface area contributed by atoms with Gasteiger partial charge in [-0.05, 0) is 34.1 Å². The number of amides is 1. The average molecular weight is 360 g/mol. The van der Waals surface area contributed by atoms with Crippen molar-refractivity contribution in [2.45, 2.75) is 0 Å². The number of benzene rings is 2. The van der Waals surface area contributed by atoms with Crippen LogP contribution in [0.3, 0.4) is 0 Å². The molecule has 0 aliphatic rings. The fraction of sp³-hybridized carbons (Fsp3) is 0.0714. The molecule has 0 aliphatic heterocycles. The number of methoxy groups -OCH3 is 1. The molecule has 3 nitrogen and oxygen atoms in total. The third-order valence-corrected chi connectivity index (χ3v) is 3.27. The molecule has 2 rings (SSSR count). The average Bonchev–Trinajstić information content (AvgIpc) is 2.44. The molecule has 0 aromatic heterocycles. The summed E-state index contributed by atoms with van der Waals surface area (Å²) >= 11 is 3.20. The van der Waals surface area contributed by atoms with Crippen molar-refractivity contribution in [2.24, 2.45) is 0 Å². The molecule has 1 N–H and O–H groups in total. The first-order valence-electron chi connectivity index (χ1n) is 5.72. The van der Waals surface area contributed by atoms with Crippen LogP contribution in [0.15, 0.2) is 34.8 Å². The number of halogens is 4. The number of rotatable bonds is 3. The zero-order valence-corrected chi connectivity index (χ0v) is 12.3. The van der Waals surface area contributed by atoms with Gasteiger partial charge >= 0.3 is 0 Å². The summed E-state index contributed by atoms with van der Waals surface area (Å²) in [4.78, 5) is 12.0. The zero-order valence-electron chi connectivity index (χ0n) is 10.7. The molecule has 0 radical (unpaired) electrons. The highest BCUT2D eigenvalue weighted by molar-refractivity contribution is 9.10. The summed E-state index contributed by atoms with van der Waals surface area (Å²) in [6, 6.07) is 5.51. The Balaban J connectivity index is 2.28. The van der Waals surface area contributed by atoms with Crippen molar-refractivity contribution < 1.29 is 22.7 Å². The first-order valence-corrected chi connectivity index (χ1v) is 6.51. The Morgan fingerprint density at radius 2 is 1.90 bits per heavy atom. The van der Waals surface area contributed by atoms with E-state index in [9.17, 15) is 18.0 Å². The highest BCUT2D eigenvalue weighted by Crippen LogP contribution is 2.26. The summed E-state index contributed by atoms with van der Waals surface area (Å²) < 4.78 is 45.1. The Bertz CT molecular complexity index is 707. The molecule has 0 spiro atoms. The van der Waals surface area contributed by atoms with E-state index in [0.717, 1.165) is 0 Å². The molecule has 0 saturated carbocycles. The van der Waals surface area contributed by atoms with Gasteiger partial charge in [-0.2, -0.15) is 0 Å². The fourth-order valence-electron chi connectivity index (χ4n) is 1.65. The molecule has 2 aromatic carbocycles. The molecular formula is C14H9BrF3NO2. The first kappa shape index (κ1) is 15.4. The summed E-state index contributed by atoms with van der Waals surface area (Å²) in [5.41, 5.74) is -0.392. The molecule has 2 aromatic rings. The lowest BCUT2D eigenvalue weighted by Crippen LogP contribution is -2.14. The molecule has 110 valence electrons. The van der Waals surface area contributed by atoms with Crippen LogP contribution in [0.5, 0.6) is 5.75 Å². The Kier molecular flexibility index (Phi) is 4.52. The monoisotopic (exact) mass is 359 g/mol. The minimum atomic E-state index is -1.37. The minimum absolute atomic E-state index is 0.173. The number of carbonyl (C=O) groups excluding carboxylic acids is 1. The molecular weight excluding hydrogens is 351 g/mol. The van der Waals surface area contributed by atoms with Crippen molar-refractivity contribution in [3.8, 4) is 5.75 Å². The van der Waals surface area contributed by atoms with Crippen molar-refractivity contribution in [3.63, 3.8) is 0 Å². The maximum absolute atomic E-state index is 13.5. The number of carbonyl (C=O) groups is 1. The lowest BCUT2D eigenvalue weighted by Gasteiger charge is -2.09. The number of nitrogens with one attached hydrogen (secondary N) is 1. The zero-order chi connectivity index (χ0) is 15.6.